The quantitative estimate of drug-likeness (QED) is 0.0843. The Balaban J connectivity index is 1.50. The van der Waals surface area contributed by atoms with Gasteiger partial charge in [0.1, 0.15) is 16.4 Å². The van der Waals surface area contributed by atoms with Crippen molar-refractivity contribution in [2.75, 3.05) is 10.6 Å². The number of nitrogens with one attached hydrogen (secondary N) is 2. The Morgan fingerprint density at radius 3 is 2.55 bits per heavy atom. The molecule has 0 bridgehead atoms. The van der Waals surface area contributed by atoms with Gasteiger partial charge in [-0.1, -0.05) is 78.6 Å². The van der Waals surface area contributed by atoms with E-state index in [2.05, 4.69) is 83.1 Å². The second-order valence-corrected chi connectivity index (χ2v) is 9.63. The van der Waals surface area contributed by atoms with E-state index in [4.69, 9.17) is 0 Å². The van der Waals surface area contributed by atoms with Gasteiger partial charge >= 0.3 is 0 Å². The lowest BCUT2D eigenvalue weighted by atomic mass is 10.1. The second-order valence-electron chi connectivity index (χ2n) is 6.62. The summed E-state index contributed by atoms with van der Waals surface area (Å²) in [7, 11) is 1.57. The molecule has 0 unspecified atom stereocenters. The molecule has 0 saturated carbocycles. The number of benzene rings is 2. The summed E-state index contributed by atoms with van der Waals surface area (Å²) in [6.07, 6.45) is 12.3. The van der Waals surface area contributed by atoms with Crippen molar-refractivity contribution in [3.8, 4) is 0 Å². The number of halogens is 1. The summed E-state index contributed by atoms with van der Waals surface area (Å²) >= 11 is 3.78. The van der Waals surface area contributed by atoms with Gasteiger partial charge in [0, 0.05) is 45.9 Å². The molecule has 0 atom stereocenters. The van der Waals surface area contributed by atoms with Crippen LogP contribution >= 0.6 is 41.5 Å². The molecule has 9 heteroatoms. The monoisotopic (exact) mass is 586 g/mol. The Kier molecular flexibility index (Phi) is 10.9. The highest BCUT2D eigenvalue weighted by atomic mass is 127. The van der Waals surface area contributed by atoms with Crippen molar-refractivity contribution in [1.82, 2.24) is 10.2 Å². The lowest BCUT2D eigenvalue weighted by Crippen LogP contribution is -1.98. The van der Waals surface area contributed by atoms with Crippen molar-refractivity contribution in [1.29, 1.82) is 0 Å². The van der Waals surface area contributed by atoms with Gasteiger partial charge in [0.2, 0.25) is 5.13 Å². The zero-order valence-electron chi connectivity index (χ0n) is 17.8. The molecule has 1 heterocycles. The first kappa shape index (κ1) is 24.9. The first-order chi connectivity index (χ1) is 16.3. The molecule has 3 rings (SSSR count). The van der Waals surface area contributed by atoms with E-state index >= 15 is 0 Å². The van der Waals surface area contributed by atoms with Crippen LogP contribution in [0.3, 0.4) is 0 Å². The molecule has 3 aromatic rings. The fourth-order valence-electron chi connectivity index (χ4n) is 2.63. The maximum Gasteiger partial charge on any atom is 0.209 e. The van der Waals surface area contributed by atoms with E-state index < -0.39 is 0 Å². The van der Waals surface area contributed by atoms with Crippen LogP contribution in [-0.2, 0) is 12.8 Å². The number of anilines is 2. The van der Waals surface area contributed by atoms with E-state index in [1.165, 1.54) is 11.1 Å². The Morgan fingerprint density at radius 1 is 1.00 bits per heavy atom. The van der Waals surface area contributed by atoms with E-state index in [0.29, 0.717) is 0 Å². The molecule has 0 aliphatic rings. The number of nitrogens with zero attached hydrogens (tertiary/aromatic N) is 4. The molecule has 0 saturated heterocycles. The van der Waals surface area contributed by atoms with Crippen molar-refractivity contribution in [3.05, 3.63) is 108 Å². The highest BCUT2D eigenvalue weighted by molar-refractivity contribution is 14.2. The second kappa shape index (κ2) is 14.4. The van der Waals surface area contributed by atoms with Crippen molar-refractivity contribution in [3.63, 3.8) is 0 Å². The van der Waals surface area contributed by atoms with Gasteiger partial charge in [-0.05, 0) is 38.3 Å². The summed E-state index contributed by atoms with van der Waals surface area (Å²) in [5.74, 6) is 0. The Bertz CT molecular complexity index is 1120. The molecule has 2 N–H and O–H groups in total. The van der Waals surface area contributed by atoms with Crippen LogP contribution in [0.1, 0.15) is 16.1 Å². The van der Waals surface area contributed by atoms with Gasteiger partial charge in [-0.15, -0.1) is 20.4 Å². The summed E-state index contributed by atoms with van der Waals surface area (Å²) < 4.78 is 0. The molecule has 0 aliphatic carbocycles. The van der Waals surface area contributed by atoms with E-state index in [1.807, 2.05) is 54.8 Å². The zero-order valence-corrected chi connectivity index (χ0v) is 21.6. The Hall–Kier alpha value is -2.76. The number of allylic oxidation sites excluding steroid dienone is 4. The van der Waals surface area contributed by atoms with Crippen molar-refractivity contribution < 1.29 is 0 Å². The Morgan fingerprint density at radius 2 is 1.79 bits per heavy atom. The standard InChI is InChI=1S/C24H23IN6S2/c1-2-3-4-8-15-26-24-31-30-22(32-24)16-19-11-13-20(14-12-19)17-23(33-25)29-28-18-27-21-9-6-5-7-10-21/h2-15,18H,1,16-17H2,(H,26,31)(H,27,28)/b4-3-,15-8+,29-23-. The van der Waals surface area contributed by atoms with Crippen molar-refractivity contribution in [2.45, 2.75) is 12.8 Å². The Labute approximate surface area is 214 Å². The predicted octanol–water partition coefficient (Wildman–Crippen LogP) is 6.88. The molecule has 0 spiro atoms. The van der Waals surface area contributed by atoms with Gasteiger partial charge in [0.15, 0.2) is 0 Å². The average Bonchev–Trinajstić information content (AvgIpc) is 3.29. The van der Waals surface area contributed by atoms with Crippen LogP contribution in [-0.4, -0.2) is 21.6 Å². The lowest BCUT2D eigenvalue weighted by Gasteiger charge is -2.03. The molecule has 1 aromatic heterocycles. The fourth-order valence-corrected chi connectivity index (χ4v) is 4.42. The van der Waals surface area contributed by atoms with Crippen LogP contribution in [0.15, 0.2) is 102 Å². The van der Waals surface area contributed by atoms with Crippen LogP contribution in [0.25, 0.3) is 0 Å². The third kappa shape index (κ3) is 9.32. The summed E-state index contributed by atoms with van der Waals surface area (Å²) in [6.45, 7) is 3.63. The third-order valence-electron chi connectivity index (χ3n) is 4.18. The van der Waals surface area contributed by atoms with Gasteiger partial charge in [0.05, 0.1) is 0 Å². The van der Waals surface area contributed by atoms with Gasteiger partial charge in [-0.2, -0.15) is 0 Å². The number of para-hydroxylation sites is 1. The van der Waals surface area contributed by atoms with Gasteiger partial charge in [0.25, 0.3) is 0 Å². The van der Waals surface area contributed by atoms with E-state index in [1.54, 1.807) is 32.7 Å². The third-order valence-corrected chi connectivity index (χ3v) is 6.97. The summed E-state index contributed by atoms with van der Waals surface area (Å²) in [5, 5.41) is 25.8. The summed E-state index contributed by atoms with van der Waals surface area (Å²) in [5.41, 5.74) is 3.35. The van der Waals surface area contributed by atoms with E-state index in [0.717, 1.165) is 33.7 Å². The molecule has 33 heavy (non-hydrogen) atoms. The minimum Gasteiger partial charge on any atom is -0.345 e. The molecule has 0 amide bonds. The maximum atomic E-state index is 4.33. The number of hydrogen-bond acceptors (Lipinski definition) is 7. The van der Waals surface area contributed by atoms with Crippen molar-refractivity contribution >= 4 is 63.7 Å². The summed E-state index contributed by atoms with van der Waals surface area (Å²) in [4.78, 5) is 0. The minimum absolute atomic E-state index is 0.732. The molecular weight excluding hydrogens is 563 g/mol. The number of rotatable bonds is 11. The molecule has 0 fully saturated rings. The van der Waals surface area contributed by atoms with Crippen LogP contribution < -0.4 is 10.6 Å². The predicted molar refractivity (Wildman–Crippen MR) is 153 cm³/mol. The molecule has 0 aliphatic heterocycles. The van der Waals surface area contributed by atoms with Gasteiger partial charge in [-0.3, -0.25) is 0 Å². The fraction of sp³-hybridized carbons (Fsp3) is 0.0833. The average molecular weight is 587 g/mol. The highest BCUT2D eigenvalue weighted by Gasteiger charge is 2.06. The number of hydrogen-bond donors (Lipinski definition) is 2. The SMILES string of the molecule is C=C/C=C\C=C\Nc1nnc(Cc2ccc(C/C(=N/N=C/Nc3ccccc3)SI)cc2)s1. The summed E-state index contributed by atoms with van der Waals surface area (Å²) in [6, 6.07) is 18.4. The molecule has 168 valence electrons. The zero-order chi connectivity index (χ0) is 23.1. The van der Waals surface area contributed by atoms with Crippen LogP contribution in [0.5, 0.6) is 0 Å². The first-order valence-electron chi connectivity index (χ1n) is 10.1. The van der Waals surface area contributed by atoms with Crippen LogP contribution in [0, 0.1) is 0 Å². The largest absolute Gasteiger partial charge is 0.345 e. The maximum absolute atomic E-state index is 4.33. The topological polar surface area (TPSA) is 74.6 Å². The molecule has 6 nitrogen and oxygen atoms in total. The number of aromatic nitrogens is 2. The normalized spacial score (nSPS) is 12.1. The molecular formula is C24H23IN6S2. The van der Waals surface area contributed by atoms with E-state index in [9.17, 15) is 0 Å². The van der Waals surface area contributed by atoms with Crippen LogP contribution in [0.2, 0.25) is 0 Å². The smallest absolute Gasteiger partial charge is 0.209 e. The van der Waals surface area contributed by atoms with E-state index in [-0.39, 0.29) is 0 Å². The molecule has 0 radical (unpaired) electrons. The minimum atomic E-state index is 0.732. The van der Waals surface area contributed by atoms with Gasteiger partial charge in [-0.25, -0.2) is 0 Å². The first-order valence-corrected chi connectivity index (χ1v) is 14.2. The highest BCUT2D eigenvalue weighted by Crippen LogP contribution is 2.21. The van der Waals surface area contributed by atoms with Crippen molar-refractivity contribution in [2.24, 2.45) is 10.2 Å². The lowest BCUT2D eigenvalue weighted by molar-refractivity contribution is 1.00. The molecule has 2 aromatic carbocycles. The van der Waals surface area contributed by atoms with Crippen LogP contribution in [0.4, 0.5) is 10.8 Å². The van der Waals surface area contributed by atoms with Gasteiger partial charge < -0.3 is 10.6 Å².